The Morgan fingerprint density at radius 2 is 1.94 bits per heavy atom. The highest BCUT2D eigenvalue weighted by atomic mass is 32.1. The molecule has 0 fully saturated rings. The van der Waals surface area contributed by atoms with Gasteiger partial charge in [0.2, 0.25) is 0 Å². The van der Waals surface area contributed by atoms with E-state index in [1.165, 1.54) is 18.4 Å². The minimum atomic E-state index is -0.683. The summed E-state index contributed by atoms with van der Waals surface area (Å²) in [4.78, 5) is 35.6. The van der Waals surface area contributed by atoms with Crippen LogP contribution < -0.4 is 5.56 Å². The number of rotatable bonds is 12. The van der Waals surface area contributed by atoms with Crippen LogP contribution in [0.3, 0.4) is 0 Å². The fourth-order valence-electron chi connectivity index (χ4n) is 3.81. The summed E-state index contributed by atoms with van der Waals surface area (Å²) in [6, 6.07) is 9.92. The van der Waals surface area contributed by atoms with Gasteiger partial charge in [0.25, 0.3) is 5.56 Å². The summed E-state index contributed by atoms with van der Waals surface area (Å²) < 4.78 is 10.5. The Morgan fingerprint density at radius 1 is 1.21 bits per heavy atom. The third-order valence-electron chi connectivity index (χ3n) is 5.29. The van der Waals surface area contributed by atoms with E-state index in [-0.39, 0.29) is 12.2 Å². The number of carbonyl (C=O) groups is 1. The van der Waals surface area contributed by atoms with Gasteiger partial charge < -0.3 is 19.6 Å². The van der Waals surface area contributed by atoms with E-state index in [2.05, 4.69) is 23.8 Å². The lowest BCUT2D eigenvalue weighted by atomic mass is 10.1. The lowest BCUT2D eigenvalue weighted by Gasteiger charge is -2.25. The third kappa shape index (κ3) is 6.73. The van der Waals surface area contributed by atoms with Crippen LogP contribution in [0.25, 0.3) is 10.2 Å². The van der Waals surface area contributed by atoms with Crippen molar-refractivity contribution in [3.05, 3.63) is 62.5 Å². The van der Waals surface area contributed by atoms with Crippen molar-refractivity contribution in [3.8, 4) is 0 Å². The number of thiophene rings is 1. The van der Waals surface area contributed by atoms with Crippen LogP contribution in [0.15, 0.2) is 35.1 Å². The van der Waals surface area contributed by atoms with Crippen molar-refractivity contribution in [2.45, 2.75) is 46.4 Å². The molecule has 0 aliphatic rings. The Labute approximate surface area is 203 Å². The zero-order valence-corrected chi connectivity index (χ0v) is 21.0. The van der Waals surface area contributed by atoms with Crippen LogP contribution in [-0.2, 0) is 29.0 Å². The second-order valence-electron chi connectivity index (χ2n) is 8.69. The van der Waals surface area contributed by atoms with E-state index in [0.29, 0.717) is 65.1 Å². The highest BCUT2D eigenvalue weighted by Crippen LogP contribution is 2.29. The maximum Gasteiger partial charge on any atom is 0.348 e. The average Bonchev–Trinajstić information content (AvgIpc) is 3.18. The minimum Gasteiger partial charge on any atom is -0.465 e. The van der Waals surface area contributed by atoms with Crippen molar-refractivity contribution in [2.75, 3.05) is 26.9 Å². The minimum absolute atomic E-state index is 0.236. The zero-order chi connectivity index (χ0) is 24.7. The molecular weight excluding hydrogens is 454 g/mol. The fourth-order valence-corrected chi connectivity index (χ4v) is 5.01. The number of aromatic nitrogens is 2. The van der Waals surface area contributed by atoms with Crippen molar-refractivity contribution in [1.29, 1.82) is 0 Å². The highest BCUT2D eigenvalue weighted by molar-refractivity contribution is 7.20. The predicted molar refractivity (Wildman–Crippen MR) is 133 cm³/mol. The topological polar surface area (TPSA) is 105 Å². The van der Waals surface area contributed by atoms with Crippen molar-refractivity contribution < 1.29 is 19.4 Å². The lowest BCUT2D eigenvalue weighted by Crippen LogP contribution is -2.35. The van der Waals surface area contributed by atoms with E-state index in [9.17, 15) is 14.7 Å². The highest BCUT2D eigenvalue weighted by Gasteiger charge is 2.22. The van der Waals surface area contributed by atoms with E-state index >= 15 is 0 Å². The number of hydrogen-bond acceptors (Lipinski definition) is 8. The Hall–Kier alpha value is -2.59. The molecule has 34 heavy (non-hydrogen) atoms. The normalized spacial score (nSPS) is 12.6. The molecule has 0 spiro atoms. The van der Waals surface area contributed by atoms with Crippen LogP contribution in [0, 0.1) is 5.92 Å². The van der Waals surface area contributed by atoms with Crippen LogP contribution in [0.1, 0.15) is 47.4 Å². The van der Waals surface area contributed by atoms with Gasteiger partial charge in [0.05, 0.1) is 31.8 Å². The second-order valence-corrected chi connectivity index (χ2v) is 9.69. The number of benzene rings is 1. The molecule has 2 aromatic heterocycles. The van der Waals surface area contributed by atoms with Gasteiger partial charge in [0.1, 0.15) is 15.5 Å². The van der Waals surface area contributed by atoms with Crippen LogP contribution in [-0.4, -0.2) is 58.9 Å². The van der Waals surface area contributed by atoms with Gasteiger partial charge in [-0.25, -0.2) is 9.78 Å². The first-order valence-corrected chi connectivity index (χ1v) is 12.3. The van der Waals surface area contributed by atoms with Crippen molar-refractivity contribution in [2.24, 2.45) is 5.92 Å². The number of nitrogens with zero attached hydrogens (tertiary/aromatic N) is 2. The number of aliphatic hydroxyl groups is 1. The monoisotopic (exact) mass is 487 g/mol. The number of fused-ring (bicyclic) bond motifs is 1. The molecule has 3 rings (SSSR count). The number of ether oxygens (including phenoxy) is 2. The SMILES string of the molecule is CCc1c(C(=O)OC)sc2nc(CN(Cc3ccccc3)CC(O)COCC(C)C)[nH]c(=O)c12. The molecule has 2 N–H and O–H groups in total. The molecule has 0 amide bonds. The molecule has 3 aromatic rings. The van der Waals surface area contributed by atoms with Gasteiger partial charge >= 0.3 is 5.97 Å². The van der Waals surface area contributed by atoms with Gasteiger partial charge in [-0.05, 0) is 23.5 Å². The van der Waals surface area contributed by atoms with E-state index < -0.39 is 12.1 Å². The molecule has 0 saturated heterocycles. The molecule has 0 aliphatic carbocycles. The Morgan fingerprint density at radius 3 is 2.59 bits per heavy atom. The van der Waals surface area contributed by atoms with Gasteiger partial charge in [0.15, 0.2) is 0 Å². The second kappa shape index (κ2) is 12.2. The lowest BCUT2D eigenvalue weighted by molar-refractivity contribution is 0.00517. The number of nitrogens with one attached hydrogen (secondary N) is 1. The molecule has 8 nitrogen and oxygen atoms in total. The molecule has 2 heterocycles. The summed E-state index contributed by atoms with van der Waals surface area (Å²) in [7, 11) is 1.33. The first-order chi connectivity index (χ1) is 16.3. The van der Waals surface area contributed by atoms with Gasteiger partial charge in [-0.3, -0.25) is 9.69 Å². The standard InChI is InChI=1S/C25H33N3O5S/c1-5-19-21-23(30)26-20(27-24(21)34-22(19)25(31)32-4)13-28(11-17-9-7-6-8-10-17)12-18(29)15-33-14-16(2)3/h6-10,16,18,29H,5,11-15H2,1-4H3,(H,26,27,30). The molecule has 1 atom stereocenters. The van der Waals surface area contributed by atoms with E-state index in [1.54, 1.807) is 0 Å². The molecule has 0 saturated carbocycles. The molecular formula is C25H33N3O5S. The van der Waals surface area contributed by atoms with Gasteiger partial charge in [-0.1, -0.05) is 51.1 Å². The number of aryl methyl sites for hydroxylation is 1. The largest absolute Gasteiger partial charge is 0.465 e. The maximum atomic E-state index is 12.9. The number of hydrogen-bond donors (Lipinski definition) is 2. The summed E-state index contributed by atoms with van der Waals surface area (Å²) in [5.74, 6) is 0.405. The smallest absolute Gasteiger partial charge is 0.348 e. The van der Waals surface area contributed by atoms with E-state index in [1.807, 2.05) is 42.2 Å². The Kier molecular flexibility index (Phi) is 9.35. The van der Waals surface area contributed by atoms with Crippen LogP contribution >= 0.6 is 11.3 Å². The molecule has 1 unspecified atom stereocenters. The maximum absolute atomic E-state index is 12.9. The molecule has 1 aromatic carbocycles. The van der Waals surface area contributed by atoms with Gasteiger partial charge in [-0.2, -0.15) is 0 Å². The van der Waals surface area contributed by atoms with Crippen molar-refractivity contribution >= 4 is 27.5 Å². The molecule has 0 radical (unpaired) electrons. The summed E-state index contributed by atoms with van der Waals surface area (Å²) in [6.07, 6.45) is -0.158. The summed E-state index contributed by atoms with van der Waals surface area (Å²) in [5, 5.41) is 11.0. The first-order valence-electron chi connectivity index (χ1n) is 11.5. The Balaban J connectivity index is 1.86. The average molecular weight is 488 g/mol. The third-order valence-corrected chi connectivity index (χ3v) is 6.39. The van der Waals surface area contributed by atoms with Crippen LogP contribution in [0.4, 0.5) is 0 Å². The quantitative estimate of drug-likeness (QED) is 0.378. The van der Waals surface area contributed by atoms with Crippen LogP contribution in [0.2, 0.25) is 0 Å². The summed E-state index contributed by atoms with van der Waals surface area (Å²) in [6.45, 7) is 8.09. The number of aliphatic hydroxyl groups excluding tert-OH is 1. The number of methoxy groups -OCH3 is 1. The van der Waals surface area contributed by atoms with Gasteiger partial charge in [0, 0.05) is 19.7 Å². The number of aromatic amines is 1. The van der Waals surface area contributed by atoms with Crippen molar-refractivity contribution in [3.63, 3.8) is 0 Å². The summed E-state index contributed by atoms with van der Waals surface area (Å²) >= 11 is 1.17. The molecule has 9 heteroatoms. The number of esters is 1. The number of H-pyrrole nitrogens is 1. The molecule has 0 aliphatic heterocycles. The number of carbonyl (C=O) groups excluding carboxylic acids is 1. The first kappa shape index (κ1) is 26.0. The predicted octanol–water partition coefficient (Wildman–Crippen LogP) is 3.37. The molecule has 184 valence electrons. The van der Waals surface area contributed by atoms with Crippen molar-refractivity contribution in [1.82, 2.24) is 14.9 Å². The van der Waals surface area contributed by atoms with E-state index in [0.717, 1.165) is 5.56 Å². The van der Waals surface area contributed by atoms with Gasteiger partial charge in [-0.15, -0.1) is 11.3 Å². The molecule has 0 bridgehead atoms. The Bertz CT molecular complexity index is 1140. The zero-order valence-electron chi connectivity index (χ0n) is 20.2. The van der Waals surface area contributed by atoms with E-state index in [4.69, 9.17) is 9.47 Å². The summed E-state index contributed by atoms with van der Waals surface area (Å²) in [5.41, 5.74) is 1.47. The van der Waals surface area contributed by atoms with Crippen LogP contribution in [0.5, 0.6) is 0 Å². The fraction of sp³-hybridized carbons (Fsp3) is 0.480.